The Hall–Kier alpha value is -2.63. The van der Waals surface area contributed by atoms with Crippen LogP contribution in [0.3, 0.4) is 0 Å². The van der Waals surface area contributed by atoms with Crippen molar-refractivity contribution in [2.45, 2.75) is 26.7 Å². The zero-order valence-electron chi connectivity index (χ0n) is 13.5. The van der Waals surface area contributed by atoms with Crippen molar-refractivity contribution in [2.75, 3.05) is 18.5 Å². The molecule has 0 bridgehead atoms. The fourth-order valence-electron chi connectivity index (χ4n) is 1.96. The Morgan fingerprint density at radius 2 is 1.91 bits per heavy atom. The number of ether oxygens (including phenoxy) is 1. The maximum atomic E-state index is 11.9. The molecule has 2 N–H and O–H groups in total. The van der Waals surface area contributed by atoms with Crippen LogP contribution in [-0.4, -0.2) is 29.0 Å². The Balaban J connectivity index is 2.01. The molecule has 0 spiro atoms. The average Bonchev–Trinajstić information content (AvgIpc) is 2.58. The van der Waals surface area contributed by atoms with E-state index in [0.717, 1.165) is 24.3 Å². The van der Waals surface area contributed by atoms with Crippen LogP contribution in [-0.2, 0) is 0 Å². The number of carbonyl (C=O) groups is 1. The fourth-order valence-corrected chi connectivity index (χ4v) is 1.96. The van der Waals surface area contributed by atoms with E-state index >= 15 is 0 Å². The number of unbranched alkanes of at least 4 members (excludes halogenated alkanes) is 1. The van der Waals surface area contributed by atoms with Gasteiger partial charge >= 0.3 is 0 Å². The van der Waals surface area contributed by atoms with Gasteiger partial charge in [0, 0.05) is 18.9 Å². The topological polar surface area (TPSA) is 76.1 Å². The summed E-state index contributed by atoms with van der Waals surface area (Å²) in [5.41, 5.74) is 1.24. The number of rotatable bonds is 8. The second-order valence-corrected chi connectivity index (χ2v) is 4.96. The Kier molecular flexibility index (Phi) is 6.35. The molecule has 1 aromatic heterocycles. The quantitative estimate of drug-likeness (QED) is 0.732. The number of nitrogens with zero attached hydrogens (tertiary/aromatic N) is 2. The predicted molar refractivity (Wildman–Crippen MR) is 90.2 cm³/mol. The number of para-hydroxylation sites is 2. The van der Waals surface area contributed by atoms with Gasteiger partial charge < -0.3 is 15.4 Å². The van der Waals surface area contributed by atoms with Gasteiger partial charge in [-0.2, -0.15) is 0 Å². The summed E-state index contributed by atoms with van der Waals surface area (Å²) in [5, 5.41) is 5.93. The van der Waals surface area contributed by atoms with Gasteiger partial charge in [-0.05, 0) is 25.5 Å². The van der Waals surface area contributed by atoms with Gasteiger partial charge in [-0.1, -0.05) is 25.5 Å². The van der Waals surface area contributed by atoms with Gasteiger partial charge in [0.1, 0.15) is 5.75 Å². The number of hydrogen-bond acceptors (Lipinski definition) is 5. The minimum absolute atomic E-state index is 0.153. The van der Waals surface area contributed by atoms with Gasteiger partial charge in [-0.3, -0.25) is 4.79 Å². The molecule has 0 fully saturated rings. The number of amides is 1. The van der Waals surface area contributed by atoms with Crippen LogP contribution in [0.25, 0.3) is 0 Å². The number of carbonyl (C=O) groups excluding carboxylic acids is 1. The molecule has 0 aliphatic carbocycles. The van der Waals surface area contributed by atoms with Crippen molar-refractivity contribution >= 4 is 17.5 Å². The van der Waals surface area contributed by atoms with Crippen molar-refractivity contribution in [3.8, 4) is 5.75 Å². The number of aromatic nitrogens is 2. The smallest absolute Gasteiger partial charge is 0.254 e. The second kappa shape index (κ2) is 8.73. The van der Waals surface area contributed by atoms with E-state index in [0.29, 0.717) is 24.7 Å². The molecule has 1 heterocycles. The van der Waals surface area contributed by atoms with Crippen LogP contribution in [0.15, 0.2) is 36.7 Å². The predicted octanol–water partition coefficient (Wildman–Crippen LogP) is 3.15. The van der Waals surface area contributed by atoms with Crippen molar-refractivity contribution in [2.24, 2.45) is 0 Å². The van der Waals surface area contributed by atoms with E-state index < -0.39 is 0 Å². The highest BCUT2D eigenvalue weighted by atomic mass is 16.5. The summed E-state index contributed by atoms with van der Waals surface area (Å²) in [6, 6.07) is 7.57. The number of nitrogens with one attached hydrogen (secondary N) is 2. The van der Waals surface area contributed by atoms with Crippen LogP contribution in [0.1, 0.15) is 37.0 Å². The maximum Gasteiger partial charge on any atom is 0.254 e. The normalized spacial score (nSPS) is 10.2. The van der Waals surface area contributed by atoms with E-state index in [1.54, 1.807) is 0 Å². The molecule has 6 nitrogen and oxygen atoms in total. The Morgan fingerprint density at radius 1 is 1.17 bits per heavy atom. The summed E-state index contributed by atoms with van der Waals surface area (Å²) in [5.74, 6) is 1.00. The number of hydrogen-bond donors (Lipinski definition) is 2. The Bertz CT molecular complexity index is 629. The lowest BCUT2D eigenvalue weighted by atomic mass is 10.3. The summed E-state index contributed by atoms with van der Waals surface area (Å²) in [7, 11) is 0. The van der Waals surface area contributed by atoms with Gasteiger partial charge in [-0.15, -0.1) is 0 Å². The molecule has 0 saturated heterocycles. The van der Waals surface area contributed by atoms with E-state index in [9.17, 15) is 4.79 Å². The molecule has 0 aliphatic heterocycles. The zero-order valence-corrected chi connectivity index (χ0v) is 13.5. The lowest BCUT2D eigenvalue weighted by molar-refractivity contribution is 0.0952. The maximum absolute atomic E-state index is 11.9. The van der Waals surface area contributed by atoms with E-state index in [4.69, 9.17) is 4.74 Å². The molecule has 0 unspecified atom stereocenters. The lowest BCUT2D eigenvalue weighted by Gasteiger charge is -2.11. The molecule has 2 aromatic rings. The van der Waals surface area contributed by atoms with Gasteiger partial charge in [0.05, 0.1) is 17.9 Å². The van der Waals surface area contributed by atoms with Crippen molar-refractivity contribution in [1.29, 1.82) is 0 Å². The summed E-state index contributed by atoms with van der Waals surface area (Å²) < 4.78 is 5.54. The van der Waals surface area contributed by atoms with E-state index in [1.807, 2.05) is 31.2 Å². The first-order chi connectivity index (χ1) is 11.2. The van der Waals surface area contributed by atoms with Crippen molar-refractivity contribution < 1.29 is 9.53 Å². The van der Waals surface area contributed by atoms with Crippen molar-refractivity contribution in [3.63, 3.8) is 0 Å². The minimum atomic E-state index is -0.153. The van der Waals surface area contributed by atoms with Crippen LogP contribution < -0.4 is 15.4 Å². The van der Waals surface area contributed by atoms with Crippen LogP contribution in [0.2, 0.25) is 0 Å². The molecular formula is C17H22N4O2. The van der Waals surface area contributed by atoms with Gasteiger partial charge in [0.25, 0.3) is 5.91 Å². The van der Waals surface area contributed by atoms with Crippen LogP contribution in [0.5, 0.6) is 5.75 Å². The molecule has 1 aromatic carbocycles. The highest BCUT2D eigenvalue weighted by molar-refractivity contribution is 5.93. The highest BCUT2D eigenvalue weighted by Crippen LogP contribution is 2.25. The molecular weight excluding hydrogens is 292 g/mol. The molecule has 0 atom stereocenters. The van der Waals surface area contributed by atoms with Crippen LogP contribution >= 0.6 is 0 Å². The van der Waals surface area contributed by atoms with Crippen molar-refractivity contribution in [1.82, 2.24) is 15.3 Å². The minimum Gasteiger partial charge on any atom is -0.492 e. The molecule has 0 radical (unpaired) electrons. The number of benzene rings is 1. The molecule has 6 heteroatoms. The monoisotopic (exact) mass is 314 g/mol. The zero-order chi connectivity index (χ0) is 16.5. The summed E-state index contributed by atoms with van der Waals surface area (Å²) in [6.07, 6.45) is 5.03. The molecule has 23 heavy (non-hydrogen) atoms. The Morgan fingerprint density at radius 3 is 2.61 bits per heavy atom. The summed E-state index contributed by atoms with van der Waals surface area (Å²) in [6.45, 7) is 5.25. The van der Waals surface area contributed by atoms with E-state index in [1.165, 1.54) is 12.4 Å². The van der Waals surface area contributed by atoms with Gasteiger partial charge in [0.15, 0.2) is 0 Å². The average molecular weight is 314 g/mol. The first-order valence-electron chi connectivity index (χ1n) is 7.83. The van der Waals surface area contributed by atoms with E-state index in [2.05, 4.69) is 27.5 Å². The van der Waals surface area contributed by atoms with Crippen LogP contribution in [0, 0.1) is 0 Å². The molecule has 2 rings (SSSR count). The standard InChI is InChI=1S/C17H22N4O2/c1-3-5-10-18-16(22)13-11-19-17(20-12-13)21-14-8-6-7-9-15(14)23-4-2/h6-9,11-12H,3-5,10H2,1-2H3,(H,18,22)(H,19,20,21). The summed E-state index contributed by atoms with van der Waals surface area (Å²) >= 11 is 0. The lowest BCUT2D eigenvalue weighted by Crippen LogP contribution is -2.24. The summed E-state index contributed by atoms with van der Waals surface area (Å²) in [4.78, 5) is 20.3. The molecule has 0 saturated carbocycles. The largest absolute Gasteiger partial charge is 0.492 e. The third-order valence-corrected chi connectivity index (χ3v) is 3.16. The number of anilines is 2. The fraction of sp³-hybridized carbons (Fsp3) is 0.353. The van der Waals surface area contributed by atoms with Crippen molar-refractivity contribution in [3.05, 3.63) is 42.2 Å². The van der Waals surface area contributed by atoms with Gasteiger partial charge in [-0.25, -0.2) is 9.97 Å². The highest BCUT2D eigenvalue weighted by Gasteiger charge is 2.08. The van der Waals surface area contributed by atoms with Crippen LogP contribution in [0.4, 0.5) is 11.6 Å². The molecule has 122 valence electrons. The third kappa shape index (κ3) is 4.95. The second-order valence-electron chi connectivity index (χ2n) is 4.96. The first kappa shape index (κ1) is 16.7. The van der Waals surface area contributed by atoms with Gasteiger partial charge in [0.2, 0.25) is 5.95 Å². The Labute approximate surface area is 136 Å². The SMILES string of the molecule is CCCCNC(=O)c1cnc(Nc2ccccc2OCC)nc1. The molecule has 1 amide bonds. The third-order valence-electron chi connectivity index (χ3n) is 3.16. The molecule has 0 aliphatic rings. The first-order valence-corrected chi connectivity index (χ1v) is 7.83. The van der Waals surface area contributed by atoms with E-state index in [-0.39, 0.29) is 5.91 Å².